The van der Waals surface area contributed by atoms with Crippen LogP contribution in [-0.2, 0) is 16.1 Å². The highest BCUT2D eigenvalue weighted by Crippen LogP contribution is 2.09. The van der Waals surface area contributed by atoms with E-state index in [4.69, 9.17) is 0 Å². The first-order valence-corrected chi connectivity index (χ1v) is 5.39. The lowest BCUT2D eigenvalue weighted by Crippen LogP contribution is -2.45. The van der Waals surface area contributed by atoms with E-state index in [-0.39, 0.29) is 6.54 Å². The van der Waals surface area contributed by atoms with Gasteiger partial charge in [-0.05, 0) is 24.6 Å². The first-order valence-electron chi connectivity index (χ1n) is 5.39. The molecule has 0 aromatic heterocycles. The van der Waals surface area contributed by atoms with Gasteiger partial charge in [0.15, 0.2) is 11.6 Å². The van der Waals surface area contributed by atoms with Crippen LogP contribution in [0.1, 0.15) is 12.5 Å². The van der Waals surface area contributed by atoms with Crippen LogP contribution in [0.5, 0.6) is 0 Å². The molecule has 0 unspecified atom stereocenters. The maximum absolute atomic E-state index is 12.9. The van der Waals surface area contributed by atoms with Crippen LogP contribution in [0.4, 0.5) is 8.78 Å². The molecule has 2 atom stereocenters. The fourth-order valence-electron chi connectivity index (χ4n) is 1.46. The van der Waals surface area contributed by atoms with Gasteiger partial charge in [0.05, 0.1) is 13.2 Å². The summed E-state index contributed by atoms with van der Waals surface area (Å²) in [6.07, 6.45) is -0.956. The zero-order valence-corrected chi connectivity index (χ0v) is 10.1. The van der Waals surface area contributed by atoms with Crippen LogP contribution in [0.15, 0.2) is 18.2 Å². The Labute approximate surface area is 104 Å². The van der Waals surface area contributed by atoms with E-state index >= 15 is 0 Å². The largest absolute Gasteiger partial charge is 0.468 e. The monoisotopic (exact) mass is 259 g/mol. The van der Waals surface area contributed by atoms with Gasteiger partial charge < -0.3 is 9.84 Å². The van der Waals surface area contributed by atoms with Crippen molar-refractivity contribution in [1.29, 1.82) is 0 Å². The quantitative estimate of drug-likeness (QED) is 0.774. The molecule has 0 saturated heterocycles. The normalized spacial score (nSPS) is 14.1. The van der Waals surface area contributed by atoms with E-state index in [1.54, 1.807) is 0 Å². The number of rotatable bonds is 5. The summed E-state index contributed by atoms with van der Waals surface area (Å²) < 4.78 is 30.2. The van der Waals surface area contributed by atoms with E-state index in [9.17, 15) is 18.7 Å². The second-order valence-electron chi connectivity index (χ2n) is 3.87. The highest BCUT2D eigenvalue weighted by molar-refractivity contribution is 5.76. The molecular formula is C12H15F2NO3. The topological polar surface area (TPSA) is 58.6 Å². The lowest BCUT2D eigenvalue weighted by Gasteiger charge is -2.18. The molecule has 0 aliphatic heterocycles. The lowest BCUT2D eigenvalue weighted by molar-refractivity contribution is -0.145. The van der Waals surface area contributed by atoms with Crippen molar-refractivity contribution >= 4 is 5.97 Å². The van der Waals surface area contributed by atoms with Gasteiger partial charge in [-0.3, -0.25) is 10.1 Å². The molecule has 6 heteroatoms. The molecule has 0 aliphatic rings. The number of nitrogens with one attached hydrogen (secondary N) is 1. The third-order valence-corrected chi connectivity index (χ3v) is 2.45. The molecular weight excluding hydrogens is 244 g/mol. The Bertz CT molecular complexity index is 424. The van der Waals surface area contributed by atoms with Crippen molar-refractivity contribution in [3.05, 3.63) is 35.4 Å². The number of hydrogen-bond acceptors (Lipinski definition) is 4. The number of ether oxygens (including phenoxy) is 1. The maximum atomic E-state index is 12.9. The average Bonchev–Trinajstić information content (AvgIpc) is 2.33. The summed E-state index contributed by atoms with van der Waals surface area (Å²) >= 11 is 0. The number of halogens is 2. The predicted octanol–water partition coefficient (Wildman–Crippen LogP) is 0.977. The molecule has 1 rings (SSSR count). The number of esters is 1. The minimum Gasteiger partial charge on any atom is -0.468 e. The third-order valence-electron chi connectivity index (χ3n) is 2.45. The zero-order chi connectivity index (χ0) is 13.7. The number of aliphatic hydroxyl groups excluding tert-OH is 1. The van der Waals surface area contributed by atoms with Gasteiger partial charge in [0.1, 0.15) is 6.04 Å². The van der Waals surface area contributed by atoms with Crippen molar-refractivity contribution in [1.82, 2.24) is 5.32 Å². The standard InChI is InChI=1S/C12H15F2NO3/c1-7(16)11(12(17)18-2)15-6-8-3-4-9(13)10(14)5-8/h3-5,7,11,15-16H,6H2,1-2H3/t7-,11+/m0/s1. The van der Waals surface area contributed by atoms with Crippen molar-refractivity contribution in [3.63, 3.8) is 0 Å². The van der Waals surface area contributed by atoms with Crippen molar-refractivity contribution in [2.75, 3.05) is 7.11 Å². The van der Waals surface area contributed by atoms with Crippen molar-refractivity contribution in [2.45, 2.75) is 25.6 Å². The molecule has 0 fully saturated rings. The van der Waals surface area contributed by atoms with Crippen LogP contribution in [-0.4, -0.2) is 30.3 Å². The average molecular weight is 259 g/mol. The van der Waals surface area contributed by atoms with Crippen molar-refractivity contribution in [3.8, 4) is 0 Å². The Balaban J connectivity index is 2.67. The van der Waals surface area contributed by atoms with Gasteiger partial charge in [-0.1, -0.05) is 6.07 Å². The summed E-state index contributed by atoms with van der Waals surface area (Å²) in [5.41, 5.74) is 0.462. The predicted molar refractivity (Wildman–Crippen MR) is 60.7 cm³/mol. The van der Waals surface area contributed by atoms with E-state index in [0.29, 0.717) is 5.56 Å². The molecule has 1 aromatic rings. The first-order chi connectivity index (χ1) is 8.45. The van der Waals surface area contributed by atoms with E-state index < -0.39 is 29.7 Å². The Morgan fingerprint density at radius 3 is 2.61 bits per heavy atom. The van der Waals surface area contributed by atoms with Crippen LogP contribution in [0, 0.1) is 11.6 Å². The number of methoxy groups -OCH3 is 1. The van der Waals surface area contributed by atoms with E-state index in [1.807, 2.05) is 0 Å². The van der Waals surface area contributed by atoms with Crippen LogP contribution >= 0.6 is 0 Å². The summed E-state index contributed by atoms with van der Waals surface area (Å²) in [4.78, 5) is 11.3. The van der Waals surface area contributed by atoms with Gasteiger partial charge in [0, 0.05) is 6.54 Å². The first kappa shape index (κ1) is 14.5. The molecule has 0 radical (unpaired) electrons. The van der Waals surface area contributed by atoms with Crippen LogP contribution in [0.25, 0.3) is 0 Å². The summed E-state index contributed by atoms with van der Waals surface area (Å²) in [6, 6.07) is 2.51. The van der Waals surface area contributed by atoms with Crippen molar-refractivity contribution < 1.29 is 23.4 Å². The Morgan fingerprint density at radius 1 is 1.44 bits per heavy atom. The fourth-order valence-corrected chi connectivity index (χ4v) is 1.46. The van der Waals surface area contributed by atoms with Crippen LogP contribution in [0.2, 0.25) is 0 Å². The van der Waals surface area contributed by atoms with Crippen LogP contribution in [0.3, 0.4) is 0 Å². The SMILES string of the molecule is COC(=O)[C@H](NCc1ccc(F)c(F)c1)[C@H](C)O. The van der Waals surface area contributed by atoms with Crippen molar-refractivity contribution in [2.24, 2.45) is 0 Å². The summed E-state index contributed by atoms with van der Waals surface area (Å²) in [6.45, 7) is 1.54. The van der Waals surface area contributed by atoms with E-state index in [1.165, 1.54) is 20.1 Å². The third kappa shape index (κ3) is 3.75. The molecule has 0 bridgehead atoms. The van der Waals surface area contributed by atoms with Gasteiger partial charge in [-0.2, -0.15) is 0 Å². The zero-order valence-electron chi connectivity index (χ0n) is 10.1. The Kier molecular flexibility index (Phi) is 5.18. The Hall–Kier alpha value is -1.53. The maximum Gasteiger partial charge on any atom is 0.325 e. The second kappa shape index (κ2) is 6.42. The molecule has 100 valence electrons. The van der Waals surface area contributed by atoms with E-state index in [0.717, 1.165) is 12.1 Å². The molecule has 0 amide bonds. The Morgan fingerprint density at radius 2 is 2.11 bits per heavy atom. The van der Waals surface area contributed by atoms with Gasteiger partial charge in [-0.15, -0.1) is 0 Å². The van der Waals surface area contributed by atoms with Gasteiger partial charge >= 0.3 is 5.97 Å². The summed E-state index contributed by atoms with van der Waals surface area (Å²) in [5.74, 6) is -2.51. The van der Waals surface area contributed by atoms with E-state index in [2.05, 4.69) is 10.1 Å². The molecule has 0 spiro atoms. The molecule has 0 aliphatic carbocycles. The van der Waals surface area contributed by atoms with Gasteiger partial charge in [-0.25, -0.2) is 8.78 Å². The second-order valence-corrected chi connectivity index (χ2v) is 3.87. The molecule has 2 N–H and O–H groups in total. The fraction of sp³-hybridized carbons (Fsp3) is 0.417. The van der Waals surface area contributed by atoms with Gasteiger partial charge in [0.25, 0.3) is 0 Å². The number of aliphatic hydroxyl groups is 1. The lowest BCUT2D eigenvalue weighted by atomic mass is 10.1. The summed E-state index contributed by atoms with van der Waals surface area (Å²) in [7, 11) is 1.21. The minimum absolute atomic E-state index is 0.113. The van der Waals surface area contributed by atoms with Gasteiger partial charge in [0.2, 0.25) is 0 Å². The number of carbonyl (C=O) groups is 1. The smallest absolute Gasteiger partial charge is 0.325 e. The molecule has 1 aromatic carbocycles. The number of benzene rings is 1. The molecule has 4 nitrogen and oxygen atoms in total. The van der Waals surface area contributed by atoms with Crippen LogP contribution < -0.4 is 5.32 Å². The molecule has 0 heterocycles. The molecule has 0 saturated carbocycles. The highest BCUT2D eigenvalue weighted by atomic mass is 19.2. The highest BCUT2D eigenvalue weighted by Gasteiger charge is 2.23. The summed E-state index contributed by atoms with van der Waals surface area (Å²) in [5, 5.41) is 12.1. The number of carbonyl (C=O) groups excluding carboxylic acids is 1. The minimum atomic E-state index is -0.957. The number of hydrogen-bond donors (Lipinski definition) is 2. The molecule has 18 heavy (non-hydrogen) atoms.